The molecule has 11 nitrogen and oxygen atoms in total. The molecule has 178 valence electrons. The second kappa shape index (κ2) is 11.1. The third-order valence-corrected chi connectivity index (χ3v) is 6.06. The maximum Gasteiger partial charge on any atom is 0.345 e. The minimum atomic E-state index is -0.651. The molecule has 0 bridgehead atoms. The molecule has 2 heterocycles. The number of aromatic amines is 1. The molecule has 13 heteroatoms. The molecule has 0 atom stereocenters. The number of esters is 1. The van der Waals surface area contributed by atoms with Crippen molar-refractivity contribution in [1.82, 2.24) is 15.4 Å². The van der Waals surface area contributed by atoms with Gasteiger partial charge in [-0.3, -0.25) is 4.79 Å². The van der Waals surface area contributed by atoms with Crippen LogP contribution >= 0.6 is 31.9 Å². The minimum Gasteiger partial charge on any atom is -0.493 e. The first-order valence-electron chi connectivity index (χ1n) is 9.50. The van der Waals surface area contributed by atoms with Crippen molar-refractivity contribution in [3.63, 3.8) is 0 Å². The summed E-state index contributed by atoms with van der Waals surface area (Å²) in [5, 5.41) is 3.80. The van der Waals surface area contributed by atoms with Gasteiger partial charge in [0.1, 0.15) is 11.3 Å². The number of hydrogen-bond acceptors (Lipinski definition) is 9. The van der Waals surface area contributed by atoms with Crippen molar-refractivity contribution >= 4 is 50.0 Å². The topological polar surface area (TPSA) is 145 Å². The molecule has 1 amide bonds. The Balaban J connectivity index is 1.74. The normalized spacial score (nSPS) is 10.9. The second-order valence-electron chi connectivity index (χ2n) is 6.60. The van der Waals surface area contributed by atoms with E-state index in [1.807, 2.05) is 0 Å². The first kappa shape index (κ1) is 25.2. The number of H-pyrrole nitrogens is 1. The summed E-state index contributed by atoms with van der Waals surface area (Å²) in [6.45, 7) is 1.21. The van der Waals surface area contributed by atoms with Crippen molar-refractivity contribution in [3.05, 3.63) is 60.9 Å². The van der Waals surface area contributed by atoms with Crippen LogP contribution in [0, 0.1) is 6.92 Å². The Bertz CT molecular complexity index is 1300. The molecular formula is C21H18Br2N4O7. The number of rotatable bonds is 8. The number of benzene rings is 1. The molecular weight excluding hydrogens is 580 g/mol. The van der Waals surface area contributed by atoms with Crippen LogP contribution in [0.5, 0.6) is 11.5 Å². The van der Waals surface area contributed by atoms with Crippen LogP contribution in [0.15, 0.2) is 47.7 Å². The lowest BCUT2D eigenvalue weighted by atomic mass is 10.0. The van der Waals surface area contributed by atoms with Gasteiger partial charge in [-0.25, -0.2) is 15.0 Å². The number of aryl methyl sites for hydroxylation is 1. The summed E-state index contributed by atoms with van der Waals surface area (Å²) in [4.78, 5) is 42.6. The Labute approximate surface area is 209 Å². The van der Waals surface area contributed by atoms with Gasteiger partial charge in [0, 0.05) is 17.3 Å². The van der Waals surface area contributed by atoms with Crippen LogP contribution in [-0.4, -0.2) is 48.9 Å². The van der Waals surface area contributed by atoms with Crippen LogP contribution in [0.3, 0.4) is 0 Å². The lowest BCUT2D eigenvalue weighted by Crippen LogP contribution is -2.24. The summed E-state index contributed by atoms with van der Waals surface area (Å²) in [6.07, 6.45) is 1.33. The molecule has 0 aliphatic rings. The van der Waals surface area contributed by atoms with E-state index in [0.29, 0.717) is 26.2 Å². The molecule has 0 aliphatic heterocycles. The Morgan fingerprint density at radius 1 is 1.24 bits per heavy atom. The van der Waals surface area contributed by atoms with Crippen LogP contribution in [-0.2, 0) is 9.53 Å². The van der Waals surface area contributed by atoms with Gasteiger partial charge in [0.15, 0.2) is 22.8 Å². The van der Waals surface area contributed by atoms with Gasteiger partial charge < -0.3 is 23.6 Å². The van der Waals surface area contributed by atoms with Gasteiger partial charge >= 0.3 is 11.7 Å². The number of hydrazone groups is 1. The first-order chi connectivity index (χ1) is 16.2. The van der Waals surface area contributed by atoms with Gasteiger partial charge in [-0.2, -0.15) is 10.1 Å². The van der Waals surface area contributed by atoms with Crippen molar-refractivity contribution in [1.29, 1.82) is 0 Å². The molecule has 0 unspecified atom stereocenters. The number of halogens is 2. The molecule has 0 fully saturated rings. The van der Waals surface area contributed by atoms with Gasteiger partial charge in [-0.1, -0.05) is 0 Å². The Kier molecular flexibility index (Phi) is 8.23. The number of methoxy groups -OCH3 is 2. The van der Waals surface area contributed by atoms with E-state index < -0.39 is 17.6 Å². The molecule has 2 aromatic heterocycles. The van der Waals surface area contributed by atoms with E-state index in [9.17, 15) is 14.4 Å². The van der Waals surface area contributed by atoms with Gasteiger partial charge in [0.2, 0.25) is 0 Å². The van der Waals surface area contributed by atoms with E-state index >= 15 is 0 Å². The number of hydrogen-bond donors (Lipinski definition) is 2. The zero-order chi connectivity index (χ0) is 24.8. The minimum absolute atomic E-state index is 0.116. The first-order valence-corrected chi connectivity index (χ1v) is 11.1. The molecule has 0 saturated heterocycles. The van der Waals surface area contributed by atoms with Crippen molar-refractivity contribution in [2.75, 3.05) is 20.8 Å². The van der Waals surface area contributed by atoms with Crippen LogP contribution in [0.2, 0.25) is 0 Å². The van der Waals surface area contributed by atoms with Crippen molar-refractivity contribution in [2.45, 2.75) is 6.92 Å². The number of carbonyl (C=O) groups is 2. The maximum absolute atomic E-state index is 12.2. The van der Waals surface area contributed by atoms with E-state index in [1.165, 1.54) is 32.6 Å². The predicted molar refractivity (Wildman–Crippen MR) is 128 cm³/mol. The van der Waals surface area contributed by atoms with Crippen molar-refractivity contribution in [3.8, 4) is 22.8 Å². The van der Waals surface area contributed by atoms with Gasteiger partial charge in [0.05, 0.1) is 30.6 Å². The van der Waals surface area contributed by atoms with Crippen LogP contribution in [0.1, 0.15) is 21.8 Å². The monoisotopic (exact) mass is 596 g/mol. The summed E-state index contributed by atoms with van der Waals surface area (Å²) >= 11 is 6.48. The number of furan rings is 1. The summed E-state index contributed by atoms with van der Waals surface area (Å²) in [6, 6.07) is 6.31. The molecule has 0 spiro atoms. The third-order valence-electron chi connectivity index (χ3n) is 4.35. The lowest BCUT2D eigenvalue weighted by molar-refractivity contribution is -0.123. The van der Waals surface area contributed by atoms with E-state index in [0.717, 1.165) is 0 Å². The van der Waals surface area contributed by atoms with Crippen molar-refractivity contribution < 1.29 is 28.2 Å². The number of aromatic nitrogens is 2. The lowest BCUT2D eigenvalue weighted by Gasteiger charge is -2.13. The van der Waals surface area contributed by atoms with Gasteiger partial charge in [-0.15, -0.1) is 0 Å². The third kappa shape index (κ3) is 5.91. The van der Waals surface area contributed by atoms with Crippen molar-refractivity contribution in [2.24, 2.45) is 5.10 Å². The largest absolute Gasteiger partial charge is 0.493 e. The number of carbonyl (C=O) groups excluding carboxylic acids is 2. The Morgan fingerprint density at radius 3 is 2.65 bits per heavy atom. The van der Waals surface area contributed by atoms with Gasteiger partial charge in [-0.05, 0) is 57.0 Å². The van der Waals surface area contributed by atoms with E-state index in [4.69, 9.17) is 18.6 Å². The molecule has 1 aromatic carbocycles. The van der Waals surface area contributed by atoms with Gasteiger partial charge in [0.25, 0.3) is 5.91 Å². The highest BCUT2D eigenvalue weighted by Crippen LogP contribution is 2.33. The fourth-order valence-corrected chi connectivity index (χ4v) is 3.46. The van der Waals surface area contributed by atoms with E-state index in [1.54, 1.807) is 19.1 Å². The molecule has 0 radical (unpaired) electrons. The zero-order valence-corrected chi connectivity index (χ0v) is 21.3. The number of ether oxygens (including phenoxy) is 3. The number of nitrogens with one attached hydrogen (secondary N) is 2. The number of nitrogens with zero attached hydrogens (tertiary/aromatic N) is 2. The summed E-state index contributed by atoms with van der Waals surface area (Å²) in [5.74, 6) is -0.235. The molecule has 0 aliphatic carbocycles. The highest BCUT2D eigenvalue weighted by Gasteiger charge is 2.21. The smallest absolute Gasteiger partial charge is 0.345 e. The highest BCUT2D eigenvalue weighted by molar-refractivity contribution is 9.13. The standard InChI is InChI=1S/C21H18Br2N4O7/c1-10-17(20(29)32-3)18(26-21(30)25-10)11-4-5-14(15(6-11)31-2)33-9-16(28)27-24-8-12-7-13(22)19(23)34-12/h4-8H,9H2,1-3H3,(H,27,28)(H,25,26,30). The fourth-order valence-electron chi connectivity index (χ4n) is 2.85. The number of amides is 1. The molecule has 3 rings (SSSR count). The van der Waals surface area contributed by atoms with E-state index in [-0.39, 0.29) is 29.4 Å². The quantitative estimate of drug-likeness (QED) is 0.229. The van der Waals surface area contributed by atoms with Crippen LogP contribution < -0.4 is 20.6 Å². The van der Waals surface area contributed by atoms with E-state index in [2.05, 4.69) is 52.4 Å². The Morgan fingerprint density at radius 2 is 2.00 bits per heavy atom. The summed E-state index contributed by atoms with van der Waals surface area (Å²) < 4.78 is 22.2. The average molecular weight is 598 g/mol. The summed E-state index contributed by atoms with van der Waals surface area (Å²) in [7, 11) is 2.64. The van der Waals surface area contributed by atoms with Crippen LogP contribution in [0.25, 0.3) is 11.3 Å². The SMILES string of the molecule is COC(=O)c1c(-c2ccc(OCC(=O)NN=Cc3cc(Br)c(Br)o3)c(OC)c2)nc(=O)[nH]c1C. The Hall–Kier alpha value is -3.45. The zero-order valence-electron chi connectivity index (χ0n) is 18.1. The molecule has 2 N–H and O–H groups in total. The molecule has 3 aromatic rings. The molecule has 0 saturated carbocycles. The fraction of sp³-hybridized carbons (Fsp3) is 0.190. The second-order valence-corrected chi connectivity index (χ2v) is 8.17. The predicted octanol–water partition coefficient (Wildman–Crippen LogP) is 3.19. The highest BCUT2D eigenvalue weighted by atomic mass is 79.9. The summed E-state index contributed by atoms with van der Waals surface area (Å²) in [5.41, 5.74) is 2.67. The average Bonchev–Trinajstić information content (AvgIpc) is 3.13. The maximum atomic E-state index is 12.2. The molecule has 34 heavy (non-hydrogen) atoms. The van der Waals surface area contributed by atoms with Crippen LogP contribution in [0.4, 0.5) is 0 Å².